The van der Waals surface area contributed by atoms with Gasteiger partial charge in [-0.3, -0.25) is 0 Å². The van der Waals surface area contributed by atoms with E-state index >= 15 is 0 Å². The molecule has 2 atom stereocenters. The van der Waals surface area contributed by atoms with Crippen molar-refractivity contribution < 1.29 is 0 Å². The molecule has 0 radical (unpaired) electrons. The van der Waals surface area contributed by atoms with Gasteiger partial charge < -0.3 is 0 Å². The Labute approximate surface area is 91.4 Å². The second-order valence-corrected chi connectivity index (χ2v) is 5.43. The van der Waals surface area contributed by atoms with Crippen molar-refractivity contribution in [3.63, 3.8) is 0 Å². The molecule has 0 aromatic carbocycles. The number of thiophene rings is 1. The molecule has 1 aliphatic carbocycles. The van der Waals surface area contributed by atoms with Gasteiger partial charge in [-0.25, -0.2) is 0 Å². The fourth-order valence-electron chi connectivity index (χ4n) is 2.80. The van der Waals surface area contributed by atoms with Crippen molar-refractivity contribution in [1.29, 1.82) is 0 Å². The quantitative estimate of drug-likeness (QED) is 0.668. The molecule has 1 aliphatic rings. The summed E-state index contributed by atoms with van der Waals surface area (Å²) in [6.45, 7) is 2.32. The van der Waals surface area contributed by atoms with E-state index in [1.54, 1.807) is 4.88 Å². The van der Waals surface area contributed by atoms with E-state index in [0.29, 0.717) is 0 Å². The lowest BCUT2D eigenvalue weighted by Crippen LogP contribution is -2.16. The standard InChI is InChI=1S/C13H20S/c1-2-6-11-7-3-4-8-12(11)13-9-5-10-14-13/h5,9-12H,2-4,6-8H2,1H3. The molecule has 0 bridgehead atoms. The summed E-state index contributed by atoms with van der Waals surface area (Å²) in [6.07, 6.45) is 8.60. The van der Waals surface area contributed by atoms with Gasteiger partial charge >= 0.3 is 0 Å². The highest BCUT2D eigenvalue weighted by Gasteiger charge is 2.25. The summed E-state index contributed by atoms with van der Waals surface area (Å²) >= 11 is 1.96. The zero-order valence-corrected chi connectivity index (χ0v) is 9.85. The lowest BCUT2D eigenvalue weighted by atomic mass is 9.76. The highest BCUT2D eigenvalue weighted by Crippen LogP contribution is 2.41. The summed E-state index contributed by atoms with van der Waals surface area (Å²) in [4.78, 5) is 1.64. The molecule has 1 aromatic rings. The molecule has 0 nitrogen and oxygen atoms in total. The molecule has 1 fully saturated rings. The van der Waals surface area contributed by atoms with Gasteiger partial charge in [0.25, 0.3) is 0 Å². The van der Waals surface area contributed by atoms with E-state index in [1.807, 2.05) is 11.3 Å². The molecule has 14 heavy (non-hydrogen) atoms. The SMILES string of the molecule is CCCC1CCCCC1c1cccs1. The van der Waals surface area contributed by atoms with Crippen LogP contribution in [0, 0.1) is 5.92 Å². The molecule has 0 amide bonds. The Morgan fingerprint density at radius 1 is 1.36 bits per heavy atom. The summed E-state index contributed by atoms with van der Waals surface area (Å²) in [5.74, 6) is 1.87. The van der Waals surface area contributed by atoms with Crippen molar-refractivity contribution in [2.24, 2.45) is 5.92 Å². The van der Waals surface area contributed by atoms with E-state index in [4.69, 9.17) is 0 Å². The van der Waals surface area contributed by atoms with Crippen LogP contribution < -0.4 is 0 Å². The topological polar surface area (TPSA) is 0 Å². The van der Waals surface area contributed by atoms with E-state index < -0.39 is 0 Å². The van der Waals surface area contributed by atoms with Crippen molar-refractivity contribution in [1.82, 2.24) is 0 Å². The largest absolute Gasteiger partial charge is 0.149 e. The normalized spacial score (nSPS) is 27.8. The van der Waals surface area contributed by atoms with Crippen LogP contribution in [0.2, 0.25) is 0 Å². The molecular formula is C13H20S. The van der Waals surface area contributed by atoms with Crippen molar-refractivity contribution >= 4 is 11.3 Å². The molecule has 78 valence electrons. The summed E-state index contributed by atoms with van der Waals surface area (Å²) in [7, 11) is 0. The zero-order valence-electron chi connectivity index (χ0n) is 9.04. The Morgan fingerprint density at radius 3 is 2.93 bits per heavy atom. The molecular weight excluding hydrogens is 188 g/mol. The van der Waals surface area contributed by atoms with Gasteiger partial charge in [-0.15, -0.1) is 11.3 Å². The Hall–Kier alpha value is -0.300. The lowest BCUT2D eigenvalue weighted by molar-refractivity contribution is 0.292. The van der Waals surface area contributed by atoms with Crippen LogP contribution in [0.1, 0.15) is 56.2 Å². The Bertz CT molecular complexity index is 248. The maximum absolute atomic E-state index is 2.34. The monoisotopic (exact) mass is 208 g/mol. The highest BCUT2D eigenvalue weighted by atomic mass is 32.1. The van der Waals surface area contributed by atoms with Crippen molar-refractivity contribution in [2.75, 3.05) is 0 Å². The molecule has 2 unspecified atom stereocenters. The molecule has 1 saturated carbocycles. The Morgan fingerprint density at radius 2 is 2.21 bits per heavy atom. The summed E-state index contributed by atoms with van der Waals surface area (Å²) in [6, 6.07) is 4.54. The van der Waals surface area contributed by atoms with E-state index in [2.05, 4.69) is 24.4 Å². The highest BCUT2D eigenvalue weighted by molar-refractivity contribution is 7.10. The van der Waals surface area contributed by atoms with Crippen LogP contribution in [0.3, 0.4) is 0 Å². The molecule has 0 spiro atoms. The second-order valence-electron chi connectivity index (χ2n) is 4.46. The molecule has 0 N–H and O–H groups in total. The fourth-order valence-corrected chi connectivity index (χ4v) is 3.76. The van der Waals surface area contributed by atoms with E-state index in [0.717, 1.165) is 11.8 Å². The predicted molar refractivity (Wildman–Crippen MR) is 63.9 cm³/mol. The lowest BCUT2D eigenvalue weighted by Gasteiger charge is -2.30. The summed E-state index contributed by atoms with van der Waals surface area (Å²) < 4.78 is 0. The van der Waals surface area contributed by atoms with Crippen molar-refractivity contribution in [3.8, 4) is 0 Å². The Balaban J connectivity index is 2.06. The first-order valence-corrected chi connectivity index (χ1v) is 6.83. The van der Waals surface area contributed by atoms with Gasteiger partial charge in [-0.2, -0.15) is 0 Å². The summed E-state index contributed by atoms with van der Waals surface area (Å²) in [5, 5.41) is 2.23. The van der Waals surface area contributed by atoms with Crippen LogP contribution in [0.5, 0.6) is 0 Å². The first-order chi connectivity index (χ1) is 6.92. The number of hydrogen-bond donors (Lipinski definition) is 0. The second kappa shape index (κ2) is 4.97. The zero-order chi connectivity index (χ0) is 9.80. The van der Waals surface area contributed by atoms with Crippen LogP contribution in [-0.2, 0) is 0 Å². The maximum atomic E-state index is 2.34. The molecule has 1 heterocycles. The average molecular weight is 208 g/mol. The molecule has 0 saturated heterocycles. The minimum absolute atomic E-state index is 0.892. The fraction of sp³-hybridized carbons (Fsp3) is 0.692. The first kappa shape index (κ1) is 10.2. The molecule has 2 rings (SSSR count). The smallest absolute Gasteiger partial charge is 0.00789 e. The number of rotatable bonds is 3. The van der Waals surface area contributed by atoms with Gasteiger partial charge in [0, 0.05) is 4.88 Å². The average Bonchev–Trinajstić information content (AvgIpc) is 2.72. The van der Waals surface area contributed by atoms with E-state index in [9.17, 15) is 0 Å². The van der Waals surface area contributed by atoms with Crippen LogP contribution in [0.15, 0.2) is 17.5 Å². The number of hydrogen-bond acceptors (Lipinski definition) is 1. The van der Waals surface area contributed by atoms with Gasteiger partial charge in [0.1, 0.15) is 0 Å². The third kappa shape index (κ3) is 2.20. The molecule has 1 aromatic heterocycles. The van der Waals surface area contributed by atoms with Crippen LogP contribution in [0.25, 0.3) is 0 Å². The summed E-state index contributed by atoms with van der Waals surface area (Å²) in [5.41, 5.74) is 0. The predicted octanol–water partition coefficient (Wildman–Crippen LogP) is 4.82. The third-order valence-electron chi connectivity index (χ3n) is 3.48. The maximum Gasteiger partial charge on any atom is 0.00789 e. The van der Waals surface area contributed by atoms with Gasteiger partial charge in [0.05, 0.1) is 0 Å². The van der Waals surface area contributed by atoms with Gasteiger partial charge in [0.15, 0.2) is 0 Å². The minimum atomic E-state index is 0.892. The van der Waals surface area contributed by atoms with Crippen LogP contribution in [0.4, 0.5) is 0 Å². The third-order valence-corrected chi connectivity index (χ3v) is 4.48. The van der Waals surface area contributed by atoms with Crippen molar-refractivity contribution in [2.45, 2.75) is 51.4 Å². The van der Waals surface area contributed by atoms with Crippen LogP contribution >= 0.6 is 11.3 Å². The first-order valence-electron chi connectivity index (χ1n) is 5.95. The van der Waals surface area contributed by atoms with Crippen molar-refractivity contribution in [3.05, 3.63) is 22.4 Å². The van der Waals surface area contributed by atoms with Gasteiger partial charge in [-0.05, 0) is 36.1 Å². The Kier molecular flexibility index (Phi) is 3.63. The van der Waals surface area contributed by atoms with E-state index in [-0.39, 0.29) is 0 Å². The van der Waals surface area contributed by atoms with Gasteiger partial charge in [0.2, 0.25) is 0 Å². The minimum Gasteiger partial charge on any atom is -0.149 e. The van der Waals surface area contributed by atoms with E-state index in [1.165, 1.54) is 38.5 Å². The molecule has 0 aliphatic heterocycles. The van der Waals surface area contributed by atoms with Crippen LogP contribution in [-0.4, -0.2) is 0 Å². The van der Waals surface area contributed by atoms with Gasteiger partial charge in [-0.1, -0.05) is 38.7 Å². The molecule has 1 heteroatoms.